The van der Waals surface area contributed by atoms with E-state index in [0.717, 1.165) is 69.2 Å². The summed E-state index contributed by atoms with van der Waals surface area (Å²) in [5, 5.41) is 0. The van der Waals surface area contributed by atoms with E-state index in [9.17, 15) is 0 Å². The Hall–Kier alpha value is -10.3. The Labute approximate surface area is 534 Å². The monoisotopic (exact) mass is 1160 g/mol. The summed E-state index contributed by atoms with van der Waals surface area (Å²) >= 11 is 0. The molecule has 2 heteroatoms. The van der Waals surface area contributed by atoms with Crippen LogP contribution in [0.3, 0.4) is 0 Å². The van der Waals surface area contributed by atoms with Gasteiger partial charge in [0, 0.05) is 39.3 Å². The van der Waals surface area contributed by atoms with Crippen LogP contribution in [-0.4, -0.2) is 0 Å². The van der Waals surface area contributed by atoms with Crippen molar-refractivity contribution in [3.8, 4) is 66.8 Å². The van der Waals surface area contributed by atoms with Gasteiger partial charge in [-0.3, -0.25) is 0 Å². The van der Waals surface area contributed by atoms with Crippen molar-refractivity contribution in [1.29, 1.82) is 0 Å². The fourth-order valence-corrected chi connectivity index (χ4v) is 14.7. The van der Waals surface area contributed by atoms with Gasteiger partial charge >= 0.3 is 0 Å². The standard InChI is InChI=1S/C88H78N2/c1-9-66-22-18-24-70(56-66)68-34-42-78(43-35-68)89(84-32-14-12-30-82(84)72-26-20-28-74(58-72)86-62(5)52-60(3)53-63(86)6)80-46-38-76(39-47-80)88(50-16-11-17-51-88)77-40-48-81(49-41-77)90(79-44-36-69(37-45-79)71-25-19-23-67(10-2)57-71)85-33-15-13-31-83(85)73-27-21-29-75(59-73)87-64(7)54-61(4)55-65(87)8/h9-10,12-15,18-49,52-59H,1-2,11,16-17,50-51H2,3-8H3. The molecule has 2 nitrogen and oxygen atoms in total. The van der Waals surface area contributed by atoms with E-state index in [1.807, 2.05) is 12.2 Å². The van der Waals surface area contributed by atoms with Crippen LogP contribution in [0.4, 0.5) is 34.1 Å². The molecule has 0 saturated heterocycles. The third-order valence-corrected chi connectivity index (χ3v) is 18.8. The minimum atomic E-state index is -0.163. The molecule has 1 aliphatic rings. The van der Waals surface area contributed by atoms with Crippen LogP contribution in [0.15, 0.2) is 280 Å². The second-order valence-corrected chi connectivity index (χ2v) is 24.9. The van der Waals surface area contributed by atoms with Crippen molar-refractivity contribution in [3.05, 3.63) is 336 Å². The molecule has 1 aliphatic carbocycles. The van der Waals surface area contributed by atoms with E-state index in [-0.39, 0.29) is 5.41 Å². The Morgan fingerprint density at radius 1 is 0.300 bits per heavy atom. The Balaban J connectivity index is 0.895. The van der Waals surface area contributed by atoms with Crippen molar-refractivity contribution in [3.63, 3.8) is 0 Å². The molecule has 0 amide bonds. The predicted octanol–water partition coefficient (Wildman–Crippen LogP) is 25.0. The molecule has 0 spiro atoms. The van der Waals surface area contributed by atoms with Crippen molar-refractivity contribution in [1.82, 2.24) is 0 Å². The van der Waals surface area contributed by atoms with Crippen molar-refractivity contribution < 1.29 is 0 Å². The highest BCUT2D eigenvalue weighted by Crippen LogP contribution is 2.50. The first-order valence-corrected chi connectivity index (χ1v) is 32.0. The maximum absolute atomic E-state index is 4.05. The average Bonchev–Trinajstić information content (AvgIpc) is 0.838. The quantitative estimate of drug-likeness (QED) is 0.0951. The van der Waals surface area contributed by atoms with Gasteiger partial charge in [0.05, 0.1) is 11.4 Å². The lowest BCUT2D eigenvalue weighted by Crippen LogP contribution is -2.30. The Morgan fingerprint density at radius 2 is 0.633 bits per heavy atom. The molecule has 0 aromatic heterocycles. The summed E-state index contributed by atoms with van der Waals surface area (Å²) in [4.78, 5) is 4.91. The highest BCUT2D eigenvalue weighted by Gasteiger charge is 2.36. The number of anilines is 6. The van der Waals surface area contributed by atoms with Crippen LogP contribution in [0.25, 0.3) is 78.9 Å². The summed E-state index contributed by atoms with van der Waals surface area (Å²) in [7, 11) is 0. The fraction of sp³-hybridized carbons (Fsp3) is 0.136. The lowest BCUT2D eigenvalue weighted by atomic mass is 9.65. The van der Waals surface area contributed by atoms with Gasteiger partial charge < -0.3 is 9.80 Å². The van der Waals surface area contributed by atoms with Crippen LogP contribution in [0.1, 0.15) is 87.7 Å². The molecule has 0 atom stereocenters. The van der Waals surface area contributed by atoms with Crippen molar-refractivity contribution in [2.45, 2.75) is 79.1 Å². The first-order chi connectivity index (χ1) is 43.9. The maximum atomic E-state index is 4.05. The summed E-state index contributed by atoms with van der Waals surface area (Å²) < 4.78 is 0. The molecule has 12 aromatic carbocycles. The molecule has 440 valence electrons. The van der Waals surface area contributed by atoms with Crippen LogP contribution in [-0.2, 0) is 5.41 Å². The van der Waals surface area contributed by atoms with Gasteiger partial charge in [0.2, 0.25) is 0 Å². The summed E-state index contributed by atoms with van der Waals surface area (Å²) in [5.41, 5.74) is 33.6. The van der Waals surface area contributed by atoms with E-state index in [4.69, 9.17) is 0 Å². The molecule has 1 fully saturated rings. The Morgan fingerprint density at radius 3 is 1.01 bits per heavy atom. The number of nitrogens with zero attached hydrogens (tertiary/aromatic N) is 2. The lowest BCUT2D eigenvalue weighted by molar-refractivity contribution is 0.346. The topological polar surface area (TPSA) is 6.48 Å². The van der Waals surface area contributed by atoms with Gasteiger partial charge in [-0.05, 0) is 239 Å². The number of rotatable bonds is 16. The molecule has 12 aromatic rings. The molecule has 0 unspecified atom stereocenters. The van der Waals surface area contributed by atoms with Gasteiger partial charge in [0.15, 0.2) is 0 Å². The SMILES string of the molecule is C=Cc1cccc(-c2ccc(N(c3ccc(C4(c5ccc(N(c6ccc(-c7cccc(C=C)c7)cc6)c6ccccc6-c6cccc(-c7c(C)cc(C)cc7C)c6)cc5)CCCCC4)cc3)c3ccccc3-c3cccc(-c4c(C)cc(C)cc4C)c3)cc2)c1. The van der Waals surface area contributed by atoms with Gasteiger partial charge in [-0.25, -0.2) is 0 Å². The molecular formula is C88H78N2. The predicted molar refractivity (Wildman–Crippen MR) is 387 cm³/mol. The zero-order valence-corrected chi connectivity index (χ0v) is 52.9. The number of benzene rings is 12. The average molecular weight is 1160 g/mol. The molecule has 0 radical (unpaired) electrons. The van der Waals surface area contributed by atoms with E-state index in [1.165, 1.54) is 119 Å². The highest BCUT2D eigenvalue weighted by atomic mass is 15.1. The van der Waals surface area contributed by atoms with Crippen LogP contribution in [0.5, 0.6) is 0 Å². The van der Waals surface area contributed by atoms with Gasteiger partial charge in [-0.1, -0.05) is 238 Å². The lowest BCUT2D eigenvalue weighted by Gasteiger charge is -2.39. The van der Waals surface area contributed by atoms with E-state index in [1.54, 1.807) is 0 Å². The molecule has 13 rings (SSSR count). The smallest absolute Gasteiger partial charge is 0.0540 e. The molecule has 0 N–H and O–H groups in total. The van der Waals surface area contributed by atoms with Crippen LogP contribution < -0.4 is 9.80 Å². The van der Waals surface area contributed by atoms with Gasteiger partial charge in [0.1, 0.15) is 0 Å². The van der Waals surface area contributed by atoms with Gasteiger partial charge in [-0.15, -0.1) is 0 Å². The Bertz CT molecular complexity index is 4260. The molecule has 0 aliphatic heterocycles. The molecule has 0 bridgehead atoms. The third-order valence-electron chi connectivity index (χ3n) is 18.8. The molecule has 1 saturated carbocycles. The Kier molecular flexibility index (Phi) is 16.6. The van der Waals surface area contributed by atoms with Crippen molar-refractivity contribution in [2.75, 3.05) is 9.80 Å². The summed E-state index contributed by atoms with van der Waals surface area (Å²) in [5.74, 6) is 0. The summed E-state index contributed by atoms with van der Waals surface area (Å²) in [6.45, 7) is 21.4. The number of para-hydroxylation sites is 2. The fourth-order valence-electron chi connectivity index (χ4n) is 14.7. The minimum Gasteiger partial charge on any atom is -0.310 e. The molecule has 0 heterocycles. The molecular weight excluding hydrogens is 1080 g/mol. The third kappa shape index (κ3) is 11.7. The second kappa shape index (κ2) is 25.4. The van der Waals surface area contributed by atoms with E-state index in [0.29, 0.717) is 0 Å². The van der Waals surface area contributed by atoms with Gasteiger partial charge in [0.25, 0.3) is 0 Å². The highest BCUT2D eigenvalue weighted by molar-refractivity contribution is 5.92. The first kappa shape index (κ1) is 58.7. The van der Waals surface area contributed by atoms with Crippen LogP contribution in [0.2, 0.25) is 0 Å². The van der Waals surface area contributed by atoms with Crippen molar-refractivity contribution >= 4 is 46.3 Å². The van der Waals surface area contributed by atoms with E-state index in [2.05, 4.69) is 331 Å². The number of aryl methyl sites for hydroxylation is 6. The van der Waals surface area contributed by atoms with E-state index < -0.39 is 0 Å². The minimum absolute atomic E-state index is 0.163. The zero-order chi connectivity index (χ0) is 61.9. The van der Waals surface area contributed by atoms with Gasteiger partial charge in [-0.2, -0.15) is 0 Å². The van der Waals surface area contributed by atoms with Crippen LogP contribution >= 0.6 is 0 Å². The summed E-state index contributed by atoms with van der Waals surface area (Å²) in [6.07, 6.45) is 9.59. The van der Waals surface area contributed by atoms with Crippen molar-refractivity contribution in [2.24, 2.45) is 0 Å². The number of hydrogen-bond donors (Lipinski definition) is 0. The largest absolute Gasteiger partial charge is 0.310 e. The normalized spacial score (nSPS) is 12.7. The summed E-state index contributed by atoms with van der Waals surface area (Å²) in [6, 6.07) is 99.9. The first-order valence-electron chi connectivity index (χ1n) is 32.0. The zero-order valence-electron chi connectivity index (χ0n) is 52.9. The molecule has 90 heavy (non-hydrogen) atoms. The van der Waals surface area contributed by atoms with E-state index >= 15 is 0 Å². The second-order valence-electron chi connectivity index (χ2n) is 24.9. The number of hydrogen-bond acceptors (Lipinski definition) is 2. The van der Waals surface area contributed by atoms with Crippen LogP contribution in [0, 0.1) is 41.5 Å². The maximum Gasteiger partial charge on any atom is 0.0540 e.